The Labute approximate surface area is 190 Å². The van der Waals surface area contributed by atoms with Crippen LogP contribution >= 0.6 is 0 Å². The first-order valence-electron chi connectivity index (χ1n) is 10.5. The fourth-order valence-electron chi connectivity index (χ4n) is 3.18. The smallest absolute Gasteiger partial charge is 0.253 e. The van der Waals surface area contributed by atoms with Crippen molar-refractivity contribution in [1.29, 1.82) is 0 Å². The summed E-state index contributed by atoms with van der Waals surface area (Å²) >= 11 is 0. The van der Waals surface area contributed by atoms with E-state index in [2.05, 4.69) is 15.6 Å². The summed E-state index contributed by atoms with van der Waals surface area (Å²) in [5.74, 6) is 2.47. The molecule has 0 fully saturated rings. The number of aliphatic imine (C=N–C) groups is 1. The van der Waals surface area contributed by atoms with E-state index < -0.39 is 0 Å². The van der Waals surface area contributed by atoms with Crippen molar-refractivity contribution in [3.05, 3.63) is 53.1 Å². The van der Waals surface area contributed by atoms with E-state index in [-0.39, 0.29) is 5.91 Å². The molecule has 0 aliphatic heterocycles. The molecular weight excluding hydrogens is 408 g/mol. The molecule has 0 radical (unpaired) electrons. The van der Waals surface area contributed by atoms with Crippen molar-refractivity contribution < 1.29 is 19.0 Å². The first-order valence-corrected chi connectivity index (χ1v) is 10.5. The predicted molar refractivity (Wildman–Crippen MR) is 127 cm³/mol. The highest BCUT2D eigenvalue weighted by Crippen LogP contribution is 2.38. The molecule has 0 aliphatic carbocycles. The number of methoxy groups -OCH3 is 3. The molecule has 0 aromatic heterocycles. The summed E-state index contributed by atoms with van der Waals surface area (Å²) in [6.07, 6.45) is 0.767. The third-order valence-electron chi connectivity index (χ3n) is 4.77. The molecule has 32 heavy (non-hydrogen) atoms. The highest BCUT2D eigenvalue weighted by Gasteiger charge is 2.13. The summed E-state index contributed by atoms with van der Waals surface area (Å²) in [5, 5.41) is 6.60. The number of hydrogen-bond acceptors (Lipinski definition) is 5. The lowest BCUT2D eigenvalue weighted by atomic mass is 10.1. The van der Waals surface area contributed by atoms with Crippen molar-refractivity contribution in [2.75, 3.05) is 48.5 Å². The number of nitrogens with one attached hydrogen (secondary N) is 2. The van der Waals surface area contributed by atoms with Gasteiger partial charge in [-0.15, -0.1) is 0 Å². The quantitative estimate of drug-likeness (QED) is 0.435. The van der Waals surface area contributed by atoms with Crippen LogP contribution in [0.1, 0.15) is 28.4 Å². The molecule has 2 N–H and O–H groups in total. The van der Waals surface area contributed by atoms with Crippen LogP contribution in [-0.4, -0.2) is 65.3 Å². The Morgan fingerprint density at radius 3 is 2.22 bits per heavy atom. The standard InChI is InChI=1S/C24H34N4O4/c1-7-25-24(26-12-11-17-9-8-10-19(13-17)23(29)28(2)3)27-16-18-14-20(30-4)22(32-6)21(15-18)31-5/h8-10,13-15H,7,11-12,16H2,1-6H3,(H2,25,26,27). The zero-order valence-electron chi connectivity index (χ0n) is 19.8. The molecule has 0 atom stereocenters. The Bertz CT molecular complexity index is 903. The predicted octanol–water partition coefficient (Wildman–Crippen LogP) is 2.71. The van der Waals surface area contributed by atoms with Gasteiger partial charge in [0.05, 0.1) is 27.9 Å². The van der Waals surface area contributed by atoms with Gasteiger partial charge in [0.2, 0.25) is 5.75 Å². The van der Waals surface area contributed by atoms with Crippen LogP contribution < -0.4 is 24.8 Å². The molecule has 0 saturated heterocycles. The highest BCUT2D eigenvalue weighted by molar-refractivity contribution is 5.94. The number of guanidine groups is 1. The van der Waals surface area contributed by atoms with Crippen molar-refractivity contribution >= 4 is 11.9 Å². The molecule has 8 heteroatoms. The van der Waals surface area contributed by atoms with Gasteiger partial charge in [-0.2, -0.15) is 0 Å². The van der Waals surface area contributed by atoms with Crippen molar-refractivity contribution in [3.8, 4) is 17.2 Å². The second-order valence-corrected chi connectivity index (χ2v) is 7.31. The number of ether oxygens (including phenoxy) is 3. The van der Waals surface area contributed by atoms with E-state index in [1.54, 1.807) is 40.3 Å². The Kier molecular flexibility index (Phi) is 9.66. The van der Waals surface area contributed by atoms with Gasteiger partial charge in [-0.3, -0.25) is 4.79 Å². The second-order valence-electron chi connectivity index (χ2n) is 7.31. The van der Waals surface area contributed by atoms with E-state index in [0.29, 0.717) is 41.9 Å². The molecule has 0 spiro atoms. The van der Waals surface area contributed by atoms with Crippen LogP contribution in [0.2, 0.25) is 0 Å². The molecule has 0 unspecified atom stereocenters. The minimum Gasteiger partial charge on any atom is -0.493 e. The fourth-order valence-corrected chi connectivity index (χ4v) is 3.18. The van der Waals surface area contributed by atoms with Crippen molar-refractivity contribution in [2.24, 2.45) is 4.99 Å². The van der Waals surface area contributed by atoms with Crippen LogP contribution in [0.3, 0.4) is 0 Å². The minimum absolute atomic E-state index is 0.0000539. The topological polar surface area (TPSA) is 84.4 Å². The number of carbonyl (C=O) groups excluding carboxylic acids is 1. The molecular formula is C24H34N4O4. The monoisotopic (exact) mass is 442 g/mol. The molecule has 2 aromatic rings. The summed E-state index contributed by atoms with van der Waals surface area (Å²) in [5.41, 5.74) is 2.72. The van der Waals surface area contributed by atoms with Gasteiger partial charge in [-0.1, -0.05) is 12.1 Å². The average Bonchev–Trinajstić information content (AvgIpc) is 2.81. The molecule has 0 bridgehead atoms. The summed E-state index contributed by atoms with van der Waals surface area (Å²) in [7, 11) is 8.28. The maximum atomic E-state index is 12.2. The fraction of sp³-hybridized carbons (Fsp3) is 0.417. The number of amides is 1. The van der Waals surface area contributed by atoms with Crippen LogP contribution in [0.15, 0.2) is 41.4 Å². The van der Waals surface area contributed by atoms with Crippen molar-refractivity contribution in [3.63, 3.8) is 0 Å². The molecule has 0 saturated carbocycles. The first kappa shape index (κ1) is 24.8. The SMILES string of the molecule is CCNC(=NCc1cc(OC)c(OC)c(OC)c1)NCCc1cccc(C(=O)N(C)C)c1. The maximum Gasteiger partial charge on any atom is 0.253 e. The molecule has 1 amide bonds. The van der Waals surface area contributed by atoms with Gasteiger partial charge < -0.3 is 29.7 Å². The lowest BCUT2D eigenvalue weighted by Gasteiger charge is -2.15. The van der Waals surface area contributed by atoms with Gasteiger partial charge >= 0.3 is 0 Å². The van der Waals surface area contributed by atoms with E-state index in [0.717, 1.165) is 24.1 Å². The maximum absolute atomic E-state index is 12.2. The van der Waals surface area contributed by atoms with Crippen molar-refractivity contribution in [1.82, 2.24) is 15.5 Å². The first-order chi connectivity index (χ1) is 15.4. The Balaban J connectivity index is 2.05. The molecule has 8 nitrogen and oxygen atoms in total. The normalized spacial score (nSPS) is 11.0. The Morgan fingerprint density at radius 1 is 0.969 bits per heavy atom. The van der Waals surface area contributed by atoms with Crippen LogP contribution in [0.5, 0.6) is 17.2 Å². The third-order valence-corrected chi connectivity index (χ3v) is 4.77. The van der Waals surface area contributed by atoms with Gasteiger partial charge in [0.1, 0.15) is 0 Å². The van der Waals surface area contributed by atoms with E-state index in [4.69, 9.17) is 14.2 Å². The number of carbonyl (C=O) groups is 1. The summed E-state index contributed by atoms with van der Waals surface area (Å²) < 4.78 is 16.2. The minimum atomic E-state index is 0.0000539. The second kappa shape index (κ2) is 12.4. The van der Waals surface area contributed by atoms with Gasteiger partial charge in [-0.05, 0) is 48.7 Å². The van der Waals surface area contributed by atoms with Crippen LogP contribution in [-0.2, 0) is 13.0 Å². The Morgan fingerprint density at radius 2 is 1.66 bits per heavy atom. The molecule has 2 aromatic carbocycles. The zero-order valence-corrected chi connectivity index (χ0v) is 19.8. The molecule has 174 valence electrons. The van der Waals surface area contributed by atoms with Crippen LogP contribution in [0, 0.1) is 0 Å². The lowest BCUT2D eigenvalue weighted by Crippen LogP contribution is -2.38. The number of hydrogen-bond donors (Lipinski definition) is 2. The van der Waals surface area contributed by atoms with E-state index in [1.807, 2.05) is 43.3 Å². The number of benzene rings is 2. The number of nitrogens with zero attached hydrogens (tertiary/aromatic N) is 2. The Hall–Kier alpha value is -3.42. The van der Waals surface area contributed by atoms with E-state index in [9.17, 15) is 4.79 Å². The van der Waals surface area contributed by atoms with Crippen LogP contribution in [0.4, 0.5) is 0 Å². The third kappa shape index (κ3) is 6.80. The average molecular weight is 443 g/mol. The van der Waals surface area contributed by atoms with Crippen LogP contribution in [0.25, 0.3) is 0 Å². The van der Waals surface area contributed by atoms with Gasteiger partial charge in [0, 0.05) is 32.7 Å². The molecule has 0 aliphatic rings. The van der Waals surface area contributed by atoms with Gasteiger partial charge in [-0.25, -0.2) is 4.99 Å². The molecule has 0 heterocycles. The summed E-state index contributed by atoms with van der Waals surface area (Å²) in [4.78, 5) is 18.4. The van der Waals surface area contributed by atoms with Crippen molar-refractivity contribution in [2.45, 2.75) is 19.9 Å². The zero-order chi connectivity index (χ0) is 23.5. The van der Waals surface area contributed by atoms with E-state index >= 15 is 0 Å². The largest absolute Gasteiger partial charge is 0.493 e. The summed E-state index contributed by atoms with van der Waals surface area (Å²) in [6.45, 7) is 3.89. The highest BCUT2D eigenvalue weighted by atomic mass is 16.5. The number of rotatable bonds is 10. The van der Waals surface area contributed by atoms with Gasteiger partial charge in [0.25, 0.3) is 5.91 Å². The summed E-state index contributed by atoms with van der Waals surface area (Å²) in [6, 6.07) is 11.5. The molecule has 2 rings (SSSR count). The van der Waals surface area contributed by atoms with E-state index in [1.165, 1.54) is 0 Å². The lowest BCUT2D eigenvalue weighted by molar-refractivity contribution is 0.0827. The van der Waals surface area contributed by atoms with Gasteiger partial charge in [0.15, 0.2) is 17.5 Å².